The SMILES string of the molecule is CC1(C)[C@@H]2[C@@H](C#N)N(CC(=O)c3ccccc3)C[C@@H]21. The maximum atomic E-state index is 12.2. The van der Waals surface area contributed by atoms with E-state index in [2.05, 4.69) is 24.8 Å². The molecule has 0 amide bonds. The highest BCUT2D eigenvalue weighted by Crippen LogP contribution is 2.64. The normalized spacial score (nSPS) is 31.5. The number of ketones is 1. The van der Waals surface area contributed by atoms with Crippen LogP contribution in [0.4, 0.5) is 0 Å². The van der Waals surface area contributed by atoms with E-state index in [-0.39, 0.29) is 17.2 Å². The van der Waals surface area contributed by atoms with Crippen molar-refractivity contribution in [2.24, 2.45) is 17.3 Å². The Labute approximate surface area is 113 Å². The van der Waals surface area contributed by atoms with Crippen LogP contribution in [-0.4, -0.2) is 29.8 Å². The van der Waals surface area contributed by atoms with Crippen molar-refractivity contribution >= 4 is 5.78 Å². The van der Waals surface area contributed by atoms with E-state index < -0.39 is 0 Å². The second-order valence-electron chi connectivity index (χ2n) is 6.25. The number of Topliss-reactive ketones (excluding diaryl/α,β-unsaturated/α-hetero) is 1. The summed E-state index contributed by atoms with van der Waals surface area (Å²) < 4.78 is 0. The van der Waals surface area contributed by atoms with Gasteiger partial charge < -0.3 is 0 Å². The van der Waals surface area contributed by atoms with Gasteiger partial charge in [-0.1, -0.05) is 44.2 Å². The van der Waals surface area contributed by atoms with Crippen LogP contribution in [0.5, 0.6) is 0 Å². The van der Waals surface area contributed by atoms with E-state index in [1.807, 2.05) is 30.3 Å². The van der Waals surface area contributed by atoms with Crippen LogP contribution in [0.3, 0.4) is 0 Å². The molecule has 0 bridgehead atoms. The van der Waals surface area contributed by atoms with Gasteiger partial charge in [0.1, 0.15) is 6.04 Å². The fraction of sp³-hybridized carbons (Fsp3) is 0.500. The van der Waals surface area contributed by atoms with Crippen LogP contribution >= 0.6 is 0 Å². The summed E-state index contributed by atoms with van der Waals surface area (Å²) in [6.45, 7) is 5.70. The molecule has 1 aromatic rings. The monoisotopic (exact) mass is 254 g/mol. The lowest BCUT2D eigenvalue weighted by molar-refractivity contribution is 0.0911. The molecule has 3 rings (SSSR count). The number of carbonyl (C=O) groups excluding carboxylic acids is 1. The largest absolute Gasteiger partial charge is 0.293 e. The fourth-order valence-corrected chi connectivity index (χ4v) is 3.58. The first-order chi connectivity index (χ1) is 9.05. The number of carbonyl (C=O) groups is 1. The highest BCUT2D eigenvalue weighted by Gasteiger charge is 2.66. The minimum atomic E-state index is -0.0901. The van der Waals surface area contributed by atoms with E-state index >= 15 is 0 Å². The van der Waals surface area contributed by atoms with Crippen LogP contribution in [0.25, 0.3) is 0 Å². The van der Waals surface area contributed by atoms with E-state index in [9.17, 15) is 10.1 Å². The molecule has 1 saturated carbocycles. The van der Waals surface area contributed by atoms with Gasteiger partial charge in [0.05, 0.1) is 12.6 Å². The Balaban J connectivity index is 1.70. The molecule has 1 aliphatic carbocycles. The zero-order valence-electron chi connectivity index (χ0n) is 11.3. The first-order valence-electron chi connectivity index (χ1n) is 6.77. The minimum absolute atomic E-state index is 0.0901. The Morgan fingerprint density at radius 3 is 2.74 bits per heavy atom. The predicted molar refractivity (Wildman–Crippen MR) is 72.5 cm³/mol. The van der Waals surface area contributed by atoms with Gasteiger partial charge in [-0.2, -0.15) is 5.26 Å². The first-order valence-corrected chi connectivity index (χ1v) is 6.77. The summed E-state index contributed by atoms with van der Waals surface area (Å²) in [5.74, 6) is 1.14. The van der Waals surface area contributed by atoms with Crippen LogP contribution in [0.2, 0.25) is 0 Å². The van der Waals surface area contributed by atoms with Gasteiger partial charge in [0.15, 0.2) is 5.78 Å². The summed E-state index contributed by atoms with van der Waals surface area (Å²) in [5, 5.41) is 9.35. The Morgan fingerprint density at radius 1 is 1.42 bits per heavy atom. The molecule has 3 nitrogen and oxygen atoms in total. The molecule has 0 radical (unpaired) electrons. The zero-order chi connectivity index (χ0) is 13.6. The fourth-order valence-electron chi connectivity index (χ4n) is 3.58. The average Bonchev–Trinajstić information content (AvgIpc) is 2.78. The minimum Gasteiger partial charge on any atom is -0.293 e. The lowest BCUT2D eigenvalue weighted by Gasteiger charge is -2.25. The van der Waals surface area contributed by atoms with Gasteiger partial charge in [-0.05, 0) is 17.3 Å². The van der Waals surface area contributed by atoms with Crippen molar-refractivity contribution in [3.05, 3.63) is 35.9 Å². The number of hydrogen-bond acceptors (Lipinski definition) is 3. The van der Waals surface area contributed by atoms with Gasteiger partial charge in [0, 0.05) is 12.1 Å². The van der Waals surface area contributed by atoms with E-state index in [1.54, 1.807) is 0 Å². The molecule has 1 aliphatic heterocycles. The second-order valence-corrected chi connectivity index (χ2v) is 6.25. The Kier molecular flexibility index (Phi) is 2.72. The highest BCUT2D eigenvalue weighted by atomic mass is 16.1. The molecule has 19 heavy (non-hydrogen) atoms. The molecule has 3 heteroatoms. The first kappa shape index (κ1) is 12.4. The van der Waals surface area contributed by atoms with E-state index in [4.69, 9.17) is 0 Å². The topological polar surface area (TPSA) is 44.1 Å². The molecule has 98 valence electrons. The molecule has 2 fully saturated rings. The van der Waals surface area contributed by atoms with E-state index in [1.165, 1.54) is 0 Å². The zero-order valence-corrected chi connectivity index (χ0v) is 11.3. The number of hydrogen-bond donors (Lipinski definition) is 0. The van der Waals surface area contributed by atoms with Gasteiger partial charge >= 0.3 is 0 Å². The summed E-state index contributed by atoms with van der Waals surface area (Å²) in [6, 6.07) is 11.6. The van der Waals surface area contributed by atoms with Gasteiger partial charge in [-0.3, -0.25) is 9.69 Å². The third kappa shape index (κ3) is 1.87. The van der Waals surface area contributed by atoms with Crippen LogP contribution in [0.15, 0.2) is 30.3 Å². The van der Waals surface area contributed by atoms with E-state index in [0.29, 0.717) is 18.4 Å². The second kappa shape index (κ2) is 4.18. The molecule has 0 unspecified atom stereocenters. The average molecular weight is 254 g/mol. The van der Waals surface area contributed by atoms with Crippen LogP contribution in [0, 0.1) is 28.6 Å². The van der Waals surface area contributed by atoms with Crippen molar-refractivity contribution in [3.63, 3.8) is 0 Å². The van der Waals surface area contributed by atoms with E-state index in [0.717, 1.165) is 12.1 Å². The van der Waals surface area contributed by atoms with Crippen LogP contribution < -0.4 is 0 Å². The lowest BCUT2D eigenvalue weighted by Crippen LogP contribution is -2.38. The van der Waals surface area contributed by atoms with Crippen molar-refractivity contribution in [2.45, 2.75) is 19.9 Å². The highest BCUT2D eigenvalue weighted by molar-refractivity contribution is 5.97. The van der Waals surface area contributed by atoms with Gasteiger partial charge in [0.25, 0.3) is 0 Å². The molecule has 1 aromatic carbocycles. The number of likely N-dealkylation sites (tertiary alicyclic amines) is 1. The molecule has 1 saturated heterocycles. The summed E-state index contributed by atoms with van der Waals surface area (Å²) in [7, 11) is 0. The summed E-state index contributed by atoms with van der Waals surface area (Å²) in [5.41, 5.74) is 1.02. The molecule has 0 N–H and O–H groups in total. The molecular weight excluding hydrogens is 236 g/mol. The third-order valence-electron chi connectivity index (χ3n) is 4.88. The maximum absolute atomic E-state index is 12.2. The number of nitriles is 1. The van der Waals surface area contributed by atoms with Gasteiger partial charge in [-0.25, -0.2) is 0 Å². The van der Waals surface area contributed by atoms with Crippen molar-refractivity contribution in [1.29, 1.82) is 5.26 Å². The lowest BCUT2D eigenvalue weighted by atomic mass is 10.0. The molecule has 0 spiro atoms. The molecule has 1 heterocycles. The Morgan fingerprint density at radius 2 is 2.11 bits per heavy atom. The number of nitrogens with zero attached hydrogens (tertiary/aromatic N) is 2. The summed E-state index contributed by atoms with van der Waals surface area (Å²) in [4.78, 5) is 14.2. The number of fused-ring (bicyclic) bond motifs is 1. The van der Waals surface area contributed by atoms with Crippen molar-refractivity contribution in [1.82, 2.24) is 4.90 Å². The predicted octanol–water partition coefficient (Wildman–Crippen LogP) is 2.35. The molecule has 3 atom stereocenters. The summed E-state index contributed by atoms with van der Waals surface area (Å²) >= 11 is 0. The maximum Gasteiger partial charge on any atom is 0.176 e. The van der Waals surface area contributed by atoms with Crippen molar-refractivity contribution in [2.75, 3.05) is 13.1 Å². The van der Waals surface area contributed by atoms with Crippen LogP contribution in [-0.2, 0) is 0 Å². The van der Waals surface area contributed by atoms with Gasteiger partial charge in [-0.15, -0.1) is 0 Å². The molecule has 2 aliphatic rings. The van der Waals surface area contributed by atoms with Crippen LogP contribution in [0.1, 0.15) is 24.2 Å². The van der Waals surface area contributed by atoms with Crippen molar-refractivity contribution in [3.8, 4) is 6.07 Å². The Hall–Kier alpha value is -1.66. The van der Waals surface area contributed by atoms with Crippen molar-refractivity contribution < 1.29 is 4.79 Å². The molecular formula is C16H18N2O. The third-order valence-corrected chi connectivity index (χ3v) is 4.88. The number of benzene rings is 1. The smallest absolute Gasteiger partial charge is 0.176 e. The number of piperidine rings is 1. The standard InChI is InChI=1S/C16H18N2O/c1-16(2)12-9-18(13(8-17)15(12)16)10-14(19)11-6-4-3-5-7-11/h3-7,12-13,15H,9-10H2,1-2H3/t12-,13+,15-/m0/s1. The number of rotatable bonds is 3. The van der Waals surface area contributed by atoms with Gasteiger partial charge in [0.2, 0.25) is 0 Å². The summed E-state index contributed by atoms with van der Waals surface area (Å²) in [6.07, 6.45) is 0. The Bertz CT molecular complexity index is 544. The molecule has 0 aromatic heterocycles. The quantitative estimate of drug-likeness (QED) is 0.778.